The van der Waals surface area contributed by atoms with Crippen molar-refractivity contribution in [3.05, 3.63) is 16.0 Å². The number of amides is 1. The fourth-order valence-electron chi connectivity index (χ4n) is 2.09. The average Bonchev–Trinajstić information content (AvgIpc) is 3.33. The number of thiophene rings is 1. The number of carbonyl (C=O) groups is 3. The molecule has 0 bridgehead atoms. The number of rotatable bonds is 8. The number of methoxy groups -OCH3 is 1. The van der Waals surface area contributed by atoms with Crippen LogP contribution >= 0.6 is 11.3 Å². The molecule has 1 saturated carbocycles. The fourth-order valence-corrected chi connectivity index (χ4v) is 3.18. The third-order valence-corrected chi connectivity index (χ3v) is 4.70. The lowest BCUT2D eigenvalue weighted by molar-refractivity contribution is -0.117. The van der Waals surface area contributed by atoms with Crippen LogP contribution in [0, 0.1) is 12.8 Å². The lowest BCUT2D eigenvalue weighted by Gasteiger charge is -2.06. The minimum absolute atomic E-state index is 0.0143. The van der Waals surface area contributed by atoms with Crippen LogP contribution in [-0.2, 0) is 19.0 Å². The van der Waals surface area contributed by atoms with E-state index in [2.05, 4.69) is 5.32 Å². The van der Waals surface area contributed by atoms with E-state index in [4.69, 9.17) is 14.2 Å². The van der Waals surface area contributed by atoms with Gasteiger partial charge >= 0.3 is 11.9 Å². The van der Waals surface area contributed by atoms with Gasteiger partial charge in [0.25, 0.3) is 0 Å². The van der Waals surface area contributed by atoms with Crippen LogP contribution in [0.4, 0.5) is 5.00 Å². The number of esters is 2. The van der Waals surface area contributed by atoms with Gasteiger partial charge in [0.05, 0.1) is 18.8 Å². The summed E-state index contributed by atoms with van der Waals surface area (Å²) in [5.41, 5.74) is 0.668. The molecule has 2 rings (SSSR count). The van der Waals surface area contributed by atoms with Crippen LogP contribution in [0.5, 0.6) is 0 Å². The number of nitrogens with one attached hydrogen (secondary N) is 1. The zero-order valence-electron chi connectivity index (χ0n) is 14.0. The van der Waals surface area contributed by atoms with Crippen molar-refractivity contribution in [2.75, 3.05) is 32.2 Å². The van der Waals surface area contributed by atoms with Gasteiger partial charge in [-0.05, 0) is 32.3 Å². The van der Waals surface area contributed by atoms with Crippen molar-refractivity contribution in [2.45, 2.75) is 26.7 Å². The SMILES string of the molecule is CCOC(=O)c1c(NC(=O)C2CC2)sc(C(=O)OCCOC)c1C. The molecule has 0 aliphatic heterocycles. The molecule has 1 fully saturated rings. The highest BCUT2D eigenvalue weighted by Gasteiger charge is 2.33. The van der Waals surface area contributed by atoms with E-state index in [1.807, 2.05) is 0 Å². The Hall–Kier alpha value is -1.93. The first-order chi connectivity index (χ1) is 11.5. The molecule has 0 atom stereocenters. The van der Waals surface area contributed by atoms with E-state index in [9.17, 15) is 14.4 Å². The predicted octanol–water partition coefficient (Wildman–Crippen LogP) is 2.38. The van der Waals surface area contributed by atoms with E-state index in [0.29, 0.717) is 10.6 Å². The number of ether oxygens (including phenoxy) is 3. The lowest BCUT2D eigenvalue weighted by atomic mass is 10.1. The second-order valence-electron chi connectivity index (χ2n) is 5.37. The van der Waals surface area contributed by atoms with Gasteiger partial charge in [-0.1, -0.05) is 0 Å². The average molecular weight is 355 g/mol. The van der Waals surface area contributed by atoms with Gasteiger partial charge in [-0.2, -0.15) is 0 Å². The van der Waals surface area contributed by atoms with E-state index in [-0.39, 0.29) is 42.1 Å². The molecular weight excluding hydrogens is 334 g/mol. The first-order valence-electron chi connectivity index (χ1n) is 7.77. The third kappa shape index (κ3) is 4.33. The molecule has 1 aliphatic rings. The zero-order chi connectivity index (χ0) is 17.7. The molecule has 7 nitrogen and oxygen atoms in total. The monoisotopic (exact) mass is 355 g/mol. The zero-order valence-corrected chi connectivity index (χ0v) is 14.8. The molecule has 0 spiro atoms. The molecule has 132 valence electrons. The van der Waals surface area contributed by atoms with Crippen molar-refractivity contribution < 1.29 is 28.6 Å². The molecule has 0 radical (unpaired) electrons. The van der Waals surface area contributed by atoms with E-state index in [1.54, 1.807) is 13.8 Å². The van der Waals surface area contributed by atoms with Crippen molar-refractivity contribution in [3.63, 3.8) is 0 Å². The molecule has 0 saturated heterocycles. The Labute approximate surface area is 144 Å². The van der Waals surface area contributed by atoms with Crippen LogP contribution < -0.4 is 5.32 Å². The Morgan fingerprint density at radius 3 is 2.46 bits per heavy atom. The summed E-state index contributed by atoms with van der Waals surface area (Å²) in [5.74, 6) is -1.26. The molecule has 1 aromatic heterocycles. The molecule has 1 aliphatic carbocycles. The maximum Gasteiger partial charge on any atom is 0.348 e. The summed E-state index contributed by atoms with van der Waals surface area (Å²) < 4.78 is 15.0. The number of carbonyl (C=O) groups excluding carboxylic acids is 3. The maximum absolute atomic E-state index is 12.2. The first-order valence-corrected chi connectivity index (χ1v) is 8.58. The summed E-state index contributed by atoms with van der Waals surface area (Å²) in [4.78, 5) is 36.7. The summed E-state index contributed by atoms with van der Waals surface area (Å²) in [6.45, 7) is 3.94. The Balaban J connectivity index is 2.25. The summed E-state index contributed by atoms with van der Waals surface area (Å²) in [6, 6.07) is 0. The number of hydrogen-bond donors (Lipinski definition) is 1. The highest BCUT2D eigenvalue weighted by Crippen LogP contribution is 2.37. The fraction of sp³-hybridized carbons (Fsp3) is 0.562. The molecule has 24 heavy (non-hydrogen) atoms. The molecule has 1 heterocycles. The third-order valence-electron chi connectivity index (χ3n) is 3.52. The highest BCUT2D eigenvalue weighted by molar-refractivity contribution is 7.18. The van der Waals surface area contributed by atoms with Crippen molar-refractivity contribution in [1.29, 1.82) is 0 Å². The van der Waals surface area contributed by atoms with E-state index >= 15 is 0 Å². The summed E-state index contributed by atoms with van der Waals surface area (Å²) in [5, 5.41) is 3.08. The quantitative estimate of drug-likeness (QED) is 0.569. The summed E-state index contributed by atoms with van der Waals surface area (Å²) in [7, 11) is 1.51. The van der Waals surface area contributed by atoms with E-state index < -0.39 is 11.9 Å². The van der Waals surface area contributed by atoms with Crippen LogP contribution in [0.3, 0.4) is 0 Å². The number of hydrogen-bond acceptors (Lipinski definition) is 7. The second kappa shape index (κ2) is 8.25. The standard InChI is InChI=1S/C16H21NO6S/c1-4-22-15(19)11-9(2)12(16(20)23-8-7-21-3)24-14(11)17-13(18)10-5-6-10/h10H,4-8H2,1-3H3,(H,17,18). The van der Waals surface area contributed by atoms with Gasteiger partial charge < -0.3 is 19.5 Å². The first kappa shape index (κ1) is 18.4. The second-order valence-corrected chi connectivity index (χ2v) is 6.39. The van der Waals surface area contributed by atoms with Crippen molar-refractivity contribution in [1.82, 2.24) is 0 Å². The van der Waals surface area contributed by atoms with Crippen LogP contribution in [-0.4, -0.2) is 44.8 Å². The topological polar surface area (TPSA) is 90.9 Å². The Morgan fingerprint density at radius 2 is 1.88 bits per heavy atom. The van der Waals surface area contributed by atoms with Gasteiger partial charge in [0, 0.05) is 13.0 Å². The molecule has 0 unspecified atom stereocenters. The van der Waals surface area contributed by atoms with Gasteiger partial charge in [0.15, 0.2) is 0 Å². The molecule has 1 aromatic rings. The molecule has 0 aromatic carbocycles. The smallest absolute Gasteiger partial charge is 0.348 e. The Morgan fingerprint density at radius 1 is 1.17 bits per heavy atom. The van der Waals surface area contributed by atoms with Crippen molar-refractivity contribution in [2.24, 2.45) is 5.92 Å². The van der Waals surface area contributed by atoms with E-state index in [0.717, 1.165) is 24.2 Å². The van der Waals surface area contributed by atoms with Crippen LogP contribution in [0.25, 0.3) is 0 Å². The number of anilines is 1. The van der Waals surface area contributed by atoms with Crippen molar-refractivity contribution >= 4 is 34.2 Å². The molecular formula is C16H21NO6S. The van der Waals surface area contributed by atoms with Gasteiger partial charge in [-0.25, -0.2) is 9.59 Å². The van der Waals surface area contributed by atoms with Crippen LogP contribution in [0.2, 0.25) is 0 Å². The molecule has 1 N–H and O–H groups in total. The summed E-state index contributed by atoms with van der Waals surface area (Å²) >= 11 is 1.03. The Kier molecular flexibility index (Phi) is 6.33. The molecule has 8 heteroatoms. The minimum atomic E-state index is -0.562. The Bertz CT molecular complexity index is 635. The van der Waals surface area contributed by atoms with Gasteiger partial charge in [-0.15, -0.1) is 11.3 Å². The van der Waals surface area contributed by atoms with Crippen LogP contribution in [0.15, 0.2) is 0 Å². The van der Waals surface area contributed by atoms with Crippen molar-refractivity contribution in [3.8, 4) is 0 Å². The predicted molar refractivity (Wildman–Crippen MR) is 88.5 cm³/mol. The summed E-state index contributed by atoms with van der Waals surface area (Å²) in [6.07, 6.45) is 1.69. The van der Waals surface area contributed by atoms with Crippen LogP contribution in [0.1, 0.15) is 45.4 Å². The normalized spacial score (nSPS) is 13.5. The van der Waals surface area contributed by atoms with Gasteiger partial charge in [0.2, 0.25) is 5.91 Å². The molecule has 1 amide bonds. The highest BCUT2D eigenvalue weighted by atomic mass is 32.1. The van der Waals surface area contributed by atoms with Gasteiger partial charge in [0.1, 0.15) is 16.5 Å². The largest absolute Gasteiger partial charge is 0.462 e. The van der Waals surface area contributed by atoms with E-state index in [1.165, 1.54) is 7.11 Å². The minimum Gasteiger partial charge on any atom is -0.462 e. The maximum atomic E-state index is 12.2. The van der Waals surface area contributed by atoms with Gasteiger partial charge in [-0.3, -0.25) is 4.79 Å². The lowest BCUT2D eigenvalue weighted by Crippen LogP contribution is -2.16.